The van der Waals surface area contributed by atoms with Gasteiger partial charge in [-0.1, -0.05) is 78.5 Å². The molecule has 0 fully saturated rings. The van der Waals surface area contributed by atoms with Crippen LogP contribution in [0.1, 0.15) is 50.4 Å². The lowest BCUT2D eigenvalue weighted by Crippen LogP contribution is -2.31. The van der Waals surface area contributed by atoms with Gasteiger partial charge < -0.3 is 10.2 Å². The van der Waals surface area contributed by atoms with Crippen molar-refractivity contribution < 1.29 is 9.59 Å². The van der Waals surface area contributed by atoms with Crippen molar-refractivity contribution in [2.75, 3.05) is 4.90 Å². The Bertz CT molecular complexity index is 1400. The Kier molecular flexibility index (Phi) is 6.43. The van der Waals surface area contributed by atoms with Crippen molar-refractivity contribution in [2.24, 2.45) is 0 Å². The summed E-state index contributed by atoms with van der Waals surface area (Å²) < 4.78 is 0. The quantitative estimate of drug-likeness (QED) is 0.343. The number of hydrogen-bond donors (Lipinski definition) is 1. The average Bonchev–Trinajstić information content (AvgIpc) is 3.00. The maximum absolute atomic E-state index is 13.8. The van der Waals surface area contributed by atoms with E-state index >= 15 is 0 Å². The highest BCUT2D eigenvalue weighted by atomic mass is 32.2. The van der Waals surface area contributed by atoms with Gasteiger partial charge >= 0.3 is 0 Å². The van der Waals surface area contributed by atoms with Gasteiger partial charge in [-0.05, 0) is 60.9 Å². The zero-order chi connectivity index (χ0) is 24.4. The third-order valence-electron chi connectivity index (χ3n) is 6.33. The summed E-state index contributed by atoms with van der Waals surface area (Å²) in [5, 5.41) is 3.09. The first-order valence-corrected chi connectivity index (χ1v) is 12.5. The van der Waals surface area contributed by atoms with Crippen LogP contribution in [0.5, 0.6) is 0 Å². The molecule has 0 radical (unpaired) electrons. The molecule has 1 aliphatic rings. The van der Waals surface area contributed by atoms with E-state index in [1.54, 1.807) is 16.7 Å². The van der Waals surface area contributed by atoms with E-state index in [1.165, 1.54) is 0 Å². The Morgan fingerprint density at radius 3 is 2.40 bits per heavy atom. The molecule has 4 nitrogen and oxygen atoms in total. The van der Waals surface area contributed by atoms with Crippen LogP contribution in [0.4, 0.5) is 5.69 Å². The molecule has 0 aliphatic carbocycles. The Morgan fingerprint density at radius 2 is 1.60 bits per heavy atom. The molecule has 0 aromatic heterocycles. The molecule has 4 aromatic carbocycles. The molecular weight excluding hydrogens is 452 g/mol. The van der Waals surface area contributed by atoms with Gasteiger partial charge in [0, 0.05) is 15.4 Å². The van der Waals surface area contributed by atoms with E-state index in [-0.39, 0.29) is 17.9 Å². The summed E-state index contributed by atoms with van der Waals surface area (Å²) in [6.45, 7) is 4.45. The standard InChI is InChI=1S/C30H26N2O2S/c1-20-10-6-7-13-24(20)19-32-26-18-23(29(33)31-21(2)22-11-4-3-5-12-22)16-17-28(26)35-27-15-9-8-14-25(27)30(32)34/h3-18,21H,19H2,1-2H3,(H,31,33)/t21-/m0/s1. The second-order valence-corrected chi connectivity index (χ2v) is 9.79. The normalized spacial score (nSPS) is 13.4. The van der Waals surface area contributed by atoms with Gasteiger partial charge in [0.2, 0.25) is 0 Å². The molecule has 0 bridgehead atoms. The Labute approximate surface area is 210 Å². The summed E-state index contributed by atoms with van der Waals surface area (Å²) >= 11 is 1.56. The highest BCUT2D eigenvalue weighted by Gasteiger charge is 2.28. The SMILES string of the molecule is Cc1ccccc1CN1C(=O)c2ccccc2Sc2ccc(C(=O)N[C@@H](C)c3ccccc3)cc21. The van der Waals surface area contributed by atoms with Crippen molar-refractivity contribution in [2.45, 2.75) is 36.2 Å². The average molecular weight is 479 g/mol. The molecule has 174 valence electrons. The van der Waals surface area contributed by atoms with E-state index < -0.39 is 0 Å². The van der Waals surface area contributed by atoms with Crippen molar-refractivity contribution in [3.8, 4) is 0 Å². The van der Waals surface area contributed by atoms with E-state index in [4.69, 9.17) is 0 Å². The summed E-state index contributed by atoms with van der Waals surface area (Å²) in [5.74, 6) is -0.232. The van der Waals surface area contributed by atoms with Crippen molar-refractivity contribution >= 4 is 29.3 Å². The number of fused-ring (bicyclic) bond motifs is 2. The van der Waals surface area contributed by atoms with Crippen molar-refractivity contribution in [3.63, 3.8) is 0 Å². The number of hydrogen-bond acceptors (Lipinski definition) is 3. The number of rotatable bonds is 5. The number of amides is 2. The largest absolute Gasteiger partial charge is 0.346 e. The molecule has 1 N–H and O–H groups in total. The van der Waals surface area contributed by atoms with Gasteiger partial charge in [0.1, 0.15) is 0 Å². The zero-order valence-electron chi connectivity index (χ0n) is 19.7. The minimum absolute atomic E-state index is 0.0645. The van der Waals surface area contributed by atoms with Crippen molar-refractivity contribution in [1.29, 1.82) is 0 Å². The fourth-order valence-corrected chi connectivity index (χ4v) is 5.34. The van der Waals surface area contributed by atoms with E-state index in [0.29, 0.717) is 17.7 Å². The summed E-state index contributed by atoms with van der Waals surface area (Å²) in [6, 6.07) is 31.1. The number of carbonyl (C=O) groups is 2. The van der Waals surface area contributed by atoms with E-state index in [1.807, 2.05) is 97.9 Å². The van der Waals surface area contributed by atoms with Gasteiger partial charge in [-0.3, -0.25) is 9.59 Å². The molecule has 1 aliphatic heterocycles. The van der Waals surface area contributed by atoms with Gasteiger partial charge in [-0.25, -0.2) is 0 Å². The molecule has 1 heterocycles. The first-order valence-electron chi connectivity index (χ1n) is 11.6. The topological polar surface area (TPSA) is 49.4 Å². The summed E-state index contributed by atoms with van der Waals surface area (Å²) in [6.07, 6.45) is 0. The monoisotopic (exact) mass is 478 g/mol. The number of nitrogens with one attached hydrogen (secondary N) is 1. The number of benzene rings is 4. The van der Waals surface area contributed by atoms with Crippen LogP contribution >= 0.6 is 11.8 Å². The number of nitrogens with zero attached hydrogens (tertiary/aromatic N) is 1. The first kappa shape index (κ1) is 22.9. The molecule has 4 aromatic rings. The van der Waals surface area contributed by atoms with Crippen molar-refractivity contribution in [1.82, 2.24) is 5.32 Å². The Balaban J connectivity index is 1.53. The third kappa shape index (κ3) is 4.73. The summed E-state index contributed by atoms with van der Waals surface area (Å²) in [5.41, 5.74) is 5.19. The molecule has 5 rings (SSSR count). The molecule has 0 spiro atoms. The molecule has 0 unspecified atom stereocenters. The second kappa shape index (κ2) is 9.80. The molecular formula is C30H26N2O2S. The summed E-state index contributed by atoms with van der Waals surface area (Å²) in [7, 11) is 0. The zero-order valence-corrected chi connectivity index (χ0v) is 20.5. The van der Waals surface area contributed by atoms with E-state index in [0.717, 1.165) is 32.2 Å². The lowest BCUT2D eigenvalue weighted by atomic mass is 10.1. The Morgan fingerprint density at radius 1 is 0.886 bits per heavy atom. The van der Waals surface area contributed by atoms with E-state index in [9.17, 15) is 9.59 Å². The fourth-order valence-electron chi connectivity index (χ4n) is 4.28. The highest BCUT2D eigenvalue weighted by molar-refractivity contribution is 7.99. The third-order valence-corrected chi connectivity index (χ3v) is 7.47. The molecule has 5 heteroatoms. The van der Waals surface area contributed by atoms with Crippen LogP contribution in [0, 0.1) is 6.92 Å². The fraction of sp³-hybridized carbons (Fsp3) is 0.133. The van der Waals surface area contributed by atoms with Crippen LogP contribution in [0.15, 0.2) is 107 Å². The minimum Gasteiger partial charge on any atom is -0.346 e. The maximum atomic E-state index is 13.8. The number of anilines is 1. The molecule has 35 heavy (non-hydrogen) atoms. The smallest absolute Gasteiger partial charge is 0.259 e. The minimum atomic E-state index is -0.167. The van der Waals surface area contributed by atoms with Gasteiger partial charge in [0.25, 0.3) is 11.8 Å². The van der Waals surface area contributed by atoms with Crippen molar-refractivity contribution in [3.05, 3.63) is 125 Å². The van der Waals surface area contributed by atoms with Crippen LogP contribution in [0.3, 0.4) is 0 Å². The van der Waals surface area contributed by atoms with Crippen LogP contribution in [0.25, 0.3) is 0 Å². The maximum Gasteiger partial charge on any atom is 0.259 e. The predicted molar refractivity (Wildman–Crippen MR) is 141 cm³/mol. The lowest BCUT2D eigenvalue weighted by Gasteiger charge is -2.25. The van der Waals surface area contributed by atoms with Crippen LogP contribution < -0.4 is 10.2 Å². The number of carbonyl (C=O) groups excluding carboxylic acids is 2. The van der Waals surface area contributed by atoms with Gasteiger partial charge in [-0.2, -0.15) is 0 Å². The molecule has 0 saturated carbocycles. The lowest BCUT2D eigenvalue weighted by molar-refractivity contribution is 0.0937. The second-order valence-electron chi connectivity index (χ2n) is 8.70. The first-order chi connectivity index (χ1) is 17.0. The van der Waals surface area contributed by atoms with Crippen LogP contribution in [-0.4, -0.2) is 11.8 Å². The van der Waals surface area contributed by atoms with Crippen LogP contribution in [-0.2, 0) is 6.54 Å². The highest BCUT2D eigenvalue weighted by Crippen LogP contribution is 2.42. The van der Waals surface area contributed by atoms with E-state index in [2.05, 4.69) is 18.3 Å². The molecule has 1 atom stereocenters. The van der Waals surface area contributed by atoms with Gasteiger partial charge in [-0.15, -0.1) is 0 Å². The van der Waals surface area contributed by atoms with Gasteiger partial charge in [0.05, 0.1) is 23.8 Å². The number of aryl methyl sites for hydroxylation is 1. The van der Waals surface area contributed by atoms with Gasteiger partial charge in [0.15, 0.2) is 0 Å². The molecule has 2 amide bonds. The Hall–Kier alpha value is -3.83. The van der Waals surface area contributed by atoms with Crippen LogP contribution in [0.2, 0.25) is 0 Å². The molecule has 0 saturated heterocycles. The summed E-state index contributed by atoms with van der Waals surface area (Å²) in [4.78, 5) is 30.6. The predicted octanol–water partition coefficient (Wildman–Crippen LogP) is 6.80.